The van der Waals surface area contributed by atoms with Gasteiger partial charge in [0.15, 0.2) is 11.6 Å². The zero-order chi connectivity index (χ0) is 13.8. The molecule has 0 aliphatic heterocycles. The number of rotatable bonds is 6. The van der Waals surface area contributed by atoms with Crippen LogP contribution in [-0.2, 0) is 0 Å². The van der Waals surface area contributed by atoms with E-state index >= 15 is 0 Å². The fourth-order valence-corrected chi connectivity index (χ4v) is 1.33. The molecule has 2 N–H and O–H groups in total. The summed E-state index contributed by atoms with van der Waals surface area (Å²) in [5.41, 5.74) is 0.0236. The van der Waals surface area contributed by atoms with Gasteiger partial charge in [-0.15, -0.1) is 0 Å². The van der Waals surface area contributed by atoms with Crippen molar-refractivity contribution in [1.29, 1.82) is 0 Å². The molecule has 0 unspecified atom stereocenters. The molecule has 1 rings (SSSR count). The molecule has 0 saturated heterocycles. The Labute approximate surface area is 109 Å². The van der Waals surface area contributed by atoms with Gasteiger partial charge in [0, 0.05) is 19.1 Å². The molecule has 18 heavy (non-hydrogen) atoms. The summed E-state index contributed by atoms with van der Waals surface area (Å²) >= 11 is 0. The van der Waals surface area contributed by atoms with E-state index in [-0.39, 0.29) is 5.54 Å². The lowest BCUT2D eigenvalue weighted by molar-refractivity contribution is 0.209. The van der Waals surface area contributed by atoms with Gasteiger partial charge in [0.2, 0.25) is 5.75 Å². The first-order valence-electron chi connectivity index (χ1n) is 5.90. The van der Waals surface area contributed by atoms with Crippen molar-refractivity contribution < 1.29 is 4.74 Å². The first-order chi connectivity index (χ1) is 8.42. The third-order valence-electron chi connectivity index (χ3n) is 3.14. The van der Waals surface area contributed by atoms with E-state index in [0.717, 1.165) is 6.54 Å². The predicted octanol–water partition coefficient (Wildman–Crippen LogP) is 1.28. The lowest BCUT2D eigenvalue weighted by Gasteiger charge is -2.33. The van der Waals surface area contributed by atoms with Crippen molar-refractivity contribution in [1.82, 2.24) is 14.9 Å². The third kappa shape index (κ3) is 3.22. The quantitative estimate of drug-likeness (QED) is 0.796. The minimum Gasteiger partial charge on any atom is -0.490 e. The van der Waals surface area contributed by atoms with Gasteiger partial charge in [-0.3, -0.25) is 0 Å². The molecule has 0 radical (unpaired) electrons. The Morgan fingerprint density at radius 2 is 1.89 bits per heavy atom. The van der Waals surface area contributed by atoms with Crippen LogP contribution in [0.4, 0.5) is 11.6 Å². The van der Waals surface area contributed by atoms with Crippen LogP contribution >= 0.6 is 0 Å². The molecule has 0 atom stereocenters. The van der Waals surface area contributed by atoms with Gasteiger partial charge in [-0.05, 0) is 27.9 Å². The van der Waals surface area contributed by atoms with Crippen LogP contribution in [-0.4, -0.2) is 55.2 Å². The zero-order valence-corrected chi connectivity index (χ0v) is 12.0. The van der Waals surface area contributed by atoms with Crippen LogP contribution in [0.5, 0.6) is 5.75 Å². The van der Waals surface area contributed by atoms with Crippen molar-refractivity contribution >= 4 is 11.6 Å². The second-order valence-electron chi connectivity index (χ2n) is 4.91. The number of hydrogen-bond donors (Lipinski definition) is 2. The Bertz CT molecular complexity index is 392. The summed E-state index contributed by atoms with van der Waals surface area (Å²) in [7, 11) is 7.52. The number of nitrogens with one attached hydrogen (secondary N) is 2. The Hall–Kier alpha value is -1.56. The van der Waals surface area contributed by atoms with Gasteiger partial charge in [-0.2, -0.15) is 0 Å². The van der Waals surface area contributed by atoms with Crippen LogP contribution in [0, 0.1) is 0 Å². The number of methoxy groups -OCH3 is 1. The molecule has 6 heteroatoms. The molecule has 1 aromatic rings. The normalized spacial score (nSPS) is 11.5. The molecule has 0 fully saturated rings. The van der Waals surface area contributed by atoms with Crippen molar-refractivity contribution in [3.8, 4) is 5.75 Å². The molecular formula is C12H23N5O. The van der Waals surface area contributed by atoms with E-state index in [9.17, 15) is 0 Å². The van der Waals surface area contributed by atoms with Gasteiger partial charge in [-0.1, -0.05) is 0 Å². The summed E-state index contributed by atoms with van der Waals surface area (Å²) < 4.78 is 5.33. The van der Waals surface area contributed by atoms with Crippen LogP contribution in [0.1, 0.15) is 13.8 Å². The van der Waals surface area contributed by atoms with Gasteiger partial charge < -0.3 is 20.3 Å². The van der Waals surface area contributed by atoms with E-state index in [1.165, 1.54) is 6.33 Å². The van der Waals surface area contributed by atoms with Gasteiger partial charge in [-0.25, -0.2) is 9.97 Å². The number of ether oxygens (including phenoxy) is 1. The van der Waals surface area contributed by atoms with E-state index in [0.29, 0.717) is 17.4 Å². The molecule has 6 nitrogen and oxygen atoms in total. The number of likely N-dealkylation sites (N-methyl/N-ethyl adjacent to an activating group) is 1. The average molecular weight is 253 g/mol. The van der Waals surface area contributed by atoms with Crippen LogP contribution in [0.2, 0.25) is 0 Å². The smallest absolute Gasteiger partial charge is 0.204 e. The summed E-state index contributed by atoms with van der Waals surface area (Å²) in [6.45, 7) is 5.08. The van der Waals surface area contributed by atoms with E-state index < -0.39 is 0 Å². The van der Waals surface area contributed by atoms with Crippen LogP contribution in [0.3, 0.4) is 0 Å². The summed E-state index contributed by atoms with van der Waals surface area (Å²) in [6, 6.07) is 0. The van der Waals surface area contributed by atoms with Crippen molar-refractivity contribution in [2.75, 3.05) is 45.4 Å². The molecule has 0 aromatic carbocycles. The van der Waals surface area contributed by atoms with Gasteiger partial charge in [0.05, 0.1) is 7.11 Å². The van der Waals surface area contributed by atoms with Gasteiger partial charge in [0.25, 0.3) is 0 Å². The summed E-state index contributed by atoms with van der Waals surface area (Å²) in [5, 5.41) is 6.28. The molecule has 0 spiro atoms. The molecule has 0 bridgehead atoms. The van der Waals surface area contributed by atoms with Crippen LogP contribution < -0.4 is 15.4 Å². The second kappa shape index (κ2) is 5.86. The molecule has 102 valence electrons. The zero-order valence-electron chi connectivity index (χ0n) is 12.0. The highest BCUT2D eigenvalue weighted by Crippen LogP contribution is 2.28. The average Bonchev–Trinajstić information content (AvgIpc) is 2.35. The third-order valence-corrected chi connectivity index (χ3v) is 3.14. The van der Waals surface area contributed by atoms with E-state index in [1.807, 2.05) is 0 Å². The Balaban J connectivity index is 2.85. The highest BCUT2D eigenvalue weighted by atomic mass is 16.5. The van der Waals surface area contributed by atoms with E-state index in [1.54, 1.807) is 14.2 Å². The second-order valence-corrected chi connectivity index (χ2v) is 4.91. The fourth-order valence-electron chi connectivity index (χ4n) is 1.33. The lowest BCUT2D eigenvalue weighted by atomic mass is 10.0. The number of hydrogen-bond acceptors (Lipinski definition) is 6. The predicted molar refractivity (Wildman–Crippen MR) is 74.4 cm³/mol. The Morgan fingerprint density at radius 3 is 2.39 bits per heavy atom. The Morgan fingerprint density at radius 1 is 1.28 bits per heavy atom. The van der Waals surface area contributed by atoms with Crippen molar-refractivity contribution in [2.45, 2.75) is 19.4 Å². The van der Waals surface area contributed by atoms with E-state index in [4.69, 9.17) is 4.74 Å². The summed E-state index contributed by atoms with van der Waals surface area (Å²) in [4.78, 5) is 10.5. The number of anilines is 2. The maximum absolute atomic E-state index is 5.33. The van der Waals surface area contributed by atoms with Crippen LogP contribution in [0.15, 0.2) is 6.33 Å². The maximum Gasteiger partial charge on any atom is 0.204 e. The van der Waals surface area contributed by atoms with Crippen LogP contribution in [0.25, 0.3) is 0 Å². The molecule has 0 aliphatic rings. The first kappa shape index (κ1) is 14.5. The molecular weight excluding hydrogens is 230 g/mol. The SMILES string of the molecule is CNc1ncnc(NCC(C)(C)N(C)C)c1OC. The highest BCUT2D eigenvalue weighted by molar-refractivity contribution is 5.63. The largest absolute Gasteiger partial charge is 0.490 e. The first-order valence-corrected chi connectivity index (χ1v) is 5.90. The maximum atomic E-state index is 5.33. The number of nitrogens with zero attached hydrogens (tertiary/aromatic N) is 3. The topological polar surface area (TPSA) is 62.3 Å². The number of aromatic nitrogens is 2. The standard InChI is InChI=1S/C12H23N5O/c1-12(2,17(4)5)7-14-11-9(18-6)10(13-3)15-8-16-11/h8H,7H2,1-6H3,(H2,13,14,15,16). The molecule has 0 saturated carbocycles. The van der Waals surface area contributed by atoms with Crippen molar-refractivity contribution in [2.24, 2.45) is 0 Å². The summed E-state index contributed by atoms with van der Waals surface area (Å²) in [6.07, 6.45) is 1.51. The van der Waals surface area contributed by atoms with Crippen molar-refractivity contribution in [3.63, 3.8) is 0 Å². The molecule has 1 aromatic heterocycles. The Kier molecular flexibility index (Phi) is 4.72. The lowest BCUT2D eigenvalue weighted by Crippen LogP contribution is -2.44. The van der Waals surface area contributed by atoms with Crippen molar-refractivity contribution in [3.05, 3.63) is 6.33 Å². The fraction of sp³-hybridized carbons (Fsp3) is 0.667. The highest BCUT2D eigenvalue weighted by Gasteiger charge is 2.21. The monoisotopic (exact) mass is 253 g/mol. The molecule has 0 amide bonds. The molecule has 0 aliphatic carbocycles. The molecule has 1 heterocycles. The van der Waals surface area contributed by atoms with Gasteiger partial charge >= 0.3 is 0 Å². The van der Waals surface area contributed by atoms with E-state index in [2.05, 4.69) is 53.4 Å². The minimum atomic E-state index is 0.0236. The summed E-state index contributed by atoms with van der Waals surface area (Å²) in [5.74, 6) is 2.01. The van der Waals surface area contributed by atoms with Gasteiger partial charge in [0.1, 0.15) is 6.33 Å². The minimum absolute atomic E-state index is 0.0236.